The van der Waals surface area contributed by atoms with Gasteiger partial charge >= 0.3 is 0 Å². The lowest BCUT2D eigenvalue weighted by molar-refractivity contribution is 0.816. The summed E-state index contributed by atoms with van der Waals surface area (Å²) in [5.41, 5.74) is 3.49. The largest absolute Gasteiger partial charge is 0.353 e. The number of pyridine rings is 1. The minimum atomic E-state index is 0.542. The van der Waals surface area contributed by atoms with Crippen LogP contribution in [0.4, 0.5) is 0 Å². The SMILES string of the molecule is NNC(=NCc1ccccn1)NC1CC1. The number of rotatable bonds is 3. The van der Waals surface area contributed by atoms with E-state index in [9.17, 15) is 0 Å². The fourth-order valence-electron chi connectivity index (χ4n) is 1.21. The molecular formula is C10H15N5. The average Bonchev–Trinajstić information content (AvgIpc) is 3.09. The molecule has 0 bridgehead atoms. The number of hydrazine groups is 1. The van der Waals surface area contributed by atoms with Crippen LogP contribution in [0.2, 0.25) is 0 Å². The van der Waals surface area contributed by atoms with Crippen LogP contribution in [0.25, 0.3) is 0 Å². The number of hydrogen-bond acceptors (Lipinski definition) is 3. The molecule has 0 amide bonds. The van der Waals surface area contributed by atoms with Crippen LogP contribution in [0.5, 0.6) is 0 Å². The first kappa shape index (κ1) is 9.92. The van der Waals surface area contributed by atoms with Gasteiger partial charge in [0.2, 0.25) is 5.96 Å². The smallest absolute Gasteiger partial charge is 0.206 e. The Hall–Kier alpha value is -1.62. The molecular weight excluding hydrogens is 190 g/mol. The molecule has 15 heavy (non-hydrogen) atoms. The predicted molar refractivity (Wildman–Crippen MR) is 58.9 cm³/mol. The summed E-state index contributed by atoms with van der Waals surface area (Å²) in [6.45, 7) is 0.542. The highest BCUT2D eigenvalue weighted by Crippen LogP contribution is 2.18. The van der Waals surface area contributed by atoms with Crippen LogP contribution in [0.3, 0.4) is 0 Å². The molecule has 1 aromatic heterocycles. The van der Waals surface area contributed by atoms with E-state index in [1.165, 1.54) is 12.8 Å². The number of guanidine groups is 1. The number of nitrogens with one attached hydrogen (secondary N) is 2. The molecule has 0 saturated heterocycles. The summed E-state index contributed by atoms with van der Waals surface area (Å²) < 4.78 is 0. The van der Waals surface area contributed by atoms with Crippen molar-refractivity contribution in [3.8, 4) is 0 Å². The first-order valence-corrected chi connectivity index (χ1v) is 5.06. The summed E-state index contributed by atoms with van der Waals surface area (Å²) in [6.07, 6.45) is 4.16. The van der Waals surface area contributed by atoms with Gasteiger partial charge in [0.1, 0.15) is 0 Å². The quantitative estimate of drug-likeness (QED) is 0.284. The molecule has 0 aromatic carbocycles. The highest BCUT2D eigenvalue weighted by molar-refractivity contribution is 5.79. The number of hydrogen-bond donors (Lipinski definition) is 3. The molecule has 0 radical (unpaired) electrons. The Morgan fingerprint density at radius 1 is 1.53 bits per heavy atom. The van der Waals surface area contributed by atoms with Crippen LogP contribution >= 0.6 is 0 Å². The van der Waals surface area contributed by atoms with Gasteiger partial charge in [-0.2, -0.15) is 0 Å². The summed E-state index contributed by atoms with van der Waals surface area (Å²) >= 11 is 0. The zero-order chi connectivity index (χ0) is 10.5. The zero-order valence-corrected chi connectivity index (χ0v) is 8.48. The zero-order valence-electron chi connectivity index (χ0n) is 8.48. The monoisotopic (exact) mass is 205 g/mol. The lowest BCUT2D eigenvalue weighted by Gasteiger charge is -2.07. The Labute approximate surface area is 88.8 Å². The van der Waals surface area contributed by atoms with Crippen LogP contribution in [-0.2, 0) is 6.54 Å². The molecule has 0 spiro atoms. The van der Waals surface area contributed by atoms with Crippen molar-refractivity contribution in [3.05, 3.63) is 30.1 Å². The predicted octanol–water partition coefficient (Wildman–Crippen LogP) is 0.153. The second-order valence-electron chi connectivity index (χ2n) is 3.55. The topological polar surface area (TPSA) is 75.3 Å². The van der Waals surface area contributed by atoms with Crippen LogP contribution in [0.15, 0.2) is 29.4 Å². The Bertz CT molecular complexity index is 331. The molecule has 0 atom stereocenters. The van der Waals surface area contributed by atoms with E-state index in [2.05, 4.69) is 20.7 Å². The average molecular weight is 205 g/mol. The van der Waals surface area contributed by atoms with Gasteiger partial charge in [0.15, 0.2) is 0 Å². The van der Waals surface area contributed by atoms with Crippen LogP contribution in [0.1, 0.15) is 18.5 Å². The van der Waals surface area contributed by atoms with Crippen LogP contribution in [0, 0.1) is 0 Å². The molecule has 1 heterocycles. The van der Waals surface area contributed by atoms with E-state index in [4.69, 9.17) is 5.84 Å². The van der Waals surface area contributed by atoms with Gasteiger partial charge in [-0.25, -0.2) is 10.8 Å². The third-order valence-corrected chi connectivity index (χ3v) is 2.18. The minimum Gasteiger partial charge on any atom is -0.353 e. The van der Waals surface area contributed by atoms with Gasteiger partial charge in [-0.3, -0.25) is 10.4 Å². The molecule has 5 nitrogen and oxygen atoms in total. The van der Waals surface area contributed by atoms with E-state index < -0.39 is 0 Å². The Morgan fingerprint density at radius 2 is 2.40 bits per heavy atom. The number of aliphatic imine (C=N–C) groups is 1. The summed E-state index contributed by atoms with van der Waals surface area (Å²) in [6, 6.07) is 6.32. The van der Waals surface area contributed by atoms with Crippen molar-refractivity contribution < 1.29 is 0 Å². The van der Waals surface area contributed by atoms with Gasteiger partial charge in [0.25, 0.3) is 0 Å². The van der Waals surface area contributed by atoms with E-state index in [0.29, 0.717) is 18.5 Å². The van der Waals surface area contributed by atoms with Gasteiger partial charge < -0.3 is 5.32 Å². The molecule has 0 aliphatic heterocycles. The van der Waals surface area contributed by atoms with E-state index in [1.807, 2.05) is 18.2 Å². The van der Waals surface area contributed by atoms with E-state index >= 15 is 0 Å². The second-order valence-corrected chi connectivity index (χ2v) is 3.55. The molecule has 0 unspecified atom stereocenters. The second kappa shape index (κ2) is 4.75. The van der Waals surface area contributed by atoms with E-state index in [1.54, 1.807) is 6.20 Å². The van der Waals surface area contributed by atoms with E-state index in [-0.39, 0.29) is 0 Å². The Kier molecular flexibility index (Phi) is 3.14. The van der Waals surface area contributed by atoms with Gasteiger partial charge in [-0.1, -0.05) is 6.07 Å². The van der Waals surface area contributed by atoms with Crippen molar-refractivity contribution in [2.24, 2.45) is 10.8 Å². The Morgan fingerprint density at radius 3 is 3.00 bits per heavy atom. The Balaban J connectivity index is 1.90. The lowest BCUT2D eigenvalue weighted by Crippen LogP contribution is -2.42. The third-order valence-electron chi connectivity index (χ3n) is 2.18. The first-order valence-electron chi connectivity index (χ1n) is 5.06. The van der Waals surface area contributed by atoms with Crippen molar-refractivity contribution in [3.63, 3.8) is 0 Å². The maximum atomic E-state index is 5.35. The highest BCUT2D eigenvalue weighted by atomic mass is 15.3. The highest BCUT2D eigenvalue weighted by Gasteiger charge is 2.21. The van der Waals surface area contributed by atoms with E-state index in [0.717, 1.165) is 5.69 Å². The fraction of sp³-hybridized carbons (Fsp3) is 0.400. The molecule has 5 heteroatoms. The summed E-state index contributed by atoms with van der Waals surface area (Å²) in [5.74, 6) is 5.99. The van der Waals surface area contributed by atoms with Gasteiger partial charge in [0, 0.05) is 12.2 Å². The molecule has 1 fully saturated rings. The number of nitrogens with zero attached hydrogens (tertiary/aromatic N) is 2. The van der Waals surface area contributed by atoms with Crippen LogP contribution in [-0.4, -0.2) is 17.0 Å². The standard InChI is InChI=1S/C10H15N5/c11-15-10(14-8-4-5-8)13-7-9-3-1-2-6-12-9/h1-3,6,8H,4-5,7,11H2,(H2,13,14,15). The molecule has 1 saturated carbocycles. The molecule has 1 aromatic rings. The van der Waals surface area contributed by atoms with Crippen molar-refractivity contribution >= 4 is 5.96 Å². The van der Waals surface area contributed by atoms with Crippen molar-refractivity contribution in [1.29, 1.82) is 0 Å². The molecule has 2 rings (SSSR count). The van der Waals surface area contributed by atoms with Gasteiger partial charge in [0.05, 0.1) is 12.2 Å². The molecule has 1 aliphatic carbocycles. The third kappa shape index (κ3) is 3.21. The fourth-order valence-corrected chi connectivity index (χ4v) is 1.21. The molecule has 4 N–H and O–H groups in total. The van der Waals surface area contributed by atoms with Crippen molar-refractivity contribution in [2.45, 2.75) is 25.4 Å². The molecule has 80 valence electrons. The van der Waals surface area contributed by atoms with Crippen molar-refractivity contribution in [2.75, 3.05) is 0 Å². The number of nitrogens with two attached hydrogens (primary N) is 1. The number of aromatic nitrogens is 1. The normalized spacial score (nSPS) is 16.2. The van der Waals surface area contributed by atoms with Crippen molar-refractivity contribution in [1.82, 2.24) is 15.7 Å². The summed E-state index contributed by atoms with van der Waals surface area (Å²) in [5, 5.41) is 3.20. The summed E-state index contributed by atoms with van der Waals surface area (Å²) in [4.78, 5) is 8.48. The maximum Gasteiger partial charge on any atom is 0.206 e. The lowest BCUT2D eigenvalue weighted by atomic mass is 10.3. The van der Waals surface area contributed by atoms with Gasteiger partial charge in [-0.05, 0) is 25.0 Å². The van der Waals surface area contributed by atoms with Crippen LogP contribution < -0.4 is 16.6 Å². The van der Waals surface area contributed by atoms with Gasteiger partial charge in [-0.15, -0.1) is 0 Å². The maximum absolute atomic E-state index is 5.35. The first-order chi connectivity index (χ1) is 7.38. The summed E-state index contributed by atoms with van der Waals surface area (Å²) in [7, 11) is 0. The minimum absolute atomic E-state index is 0.542. The molecule has 1 aliphatic rings.